The molecule has 0 aliphatic rings. The molecule has 0 heterocycles. The van der Waals surface area contributed by atoms with Gasteiger partial charge in [-0.1, -0.05) is 18.2 Å². The second kappa shape index (κ2) is 4.67. The molecule has 0 aliphatic carbocycles. The lowest BCUT2D eigenvalue weighted by Crippen LogP contribution is -2.07. The van der Waals surface area contributed by atoms with E-state index in [0.717, 1.165) is 0 Å². The summed E-state index contributed by atoms with van der Waals surface area (Å²) in [5, 5.41) is 9.77. The largest absolute Gasteiger partial charge is 0.504 e. The Labute approximate surface area is 83.8 Å². The van der Waals surface area contributed by atoms with E-state index in [9.17, 15) is 5.11 Å². The Morgan fingerprint density at radius 1 is 1.64 bits per heavy atom. The van der Waals surface area contributed by atoms with Crippen molar-refractivity contribution in [1.29, 1.82) is 0 Å². The van der Waals surface area contributed by atoms with Gasteiger partial charge in [0.25, 0.3) is 0 Å². The molecule has 0 aromatic heterocycles. The summed E-state index contributed by atoms with van der Waals surface area (Å²) in [7, 11) is 0. The van der Waals surface area contributed by atoms with E-state index < -0.39 is 0 Å². The van der Waals surface area contributed by atoms with E-state index in [0.29, 0.717) is 17.9 Å². The molecule has 14 heavy (non-hydrogen) atoms. The van der Waals surface area contributed by atoms with Crippen molar-refractivity contribution in [3.05, 3.63) is 36.4 Å². The van der Waals surface area contributed by atoms with Gasteiger partial charge in [0.05, 0.1) is 12.6 Å². The quantitative estimate of drug-likeness (QED) is 0.719. The van der Waals surface area contributed by atoms with Crippen LogP contribution in [-0.2, 0) is 0 Å². The average molecular weight is 193 g/mol. The maximum absolute atomic E-state index is 9.77. The van der Waals surface area contributed by atoms with E-state index in [1.165, 1.54) is 0 Å². The van der Waals surface area contributed by atoms with E-state index in [4.69, 9.17) is 10.5 Å². The zero-order valence-corrected chi connectivity index (χ0v) is 8.23. The lowest BCUT2D eigenvalue weighted by atomic mass is 10.1. The van der Waals surface area contributed by atoms with Crippen LogP contribution in [0.25, 0.3) is 0 Å². The monoisotopic (exact) mass is 193 g/mol. The summed E-state index contributed by atoms with van der Waals surface area (Å²) >= 11 is 0. The van der Waals surface area contributed by atoms with Crippen molar-refractivity contribution in [2.45, 2.75) is 13.0 Å². The first-order valence-corrected chi connectivity index (χ1v) is 4.53. The van der Waals surface area contributed by atoms with Crippen LogP contribution in [0.15, 0.2) is 30.9 Å². The number of para-hydroxylation sites is 1. The predicted molar refractivity (Wildman–Crippen MR) is 56.4 cm³/mol. The van der Waals surface area contributed by atoms with Crippen molar-refractivity contribution in [2.24, 2.45) is 5.73 Å². The van der Waals surface area contributed by atoms with Crippen LogP contribution in [0.4, 0.5) is 0 Å². The summed E-state index contributed by atoms with van der Waals surface area (Å²) in [6.45, 7) is 5.95. The molecule has 3 heteroatoms. The molecule has 0 unspecified atom stereocenters. The highest BCUT2D eigenvalue weighted by Crippen LogP contribution is 2.32. The van der Waals surface area contributed by atoms with Crippen molar-refractivity contribution >= 4 is 0 Å². The number of nitrogens with two attached hydrogens (primary N) is 1. The molecule has 0 fully saturated rings. The predicted octanol–water partition coefficient (Wildman–Crippen LogP) is 1.98. The van der Waals surface area contributed by atoms with Crippen molar-refractivity contribution in [1.82, 2.24) is 0 Å². The molecule has 0 radical (unpaired) electrons. The average Bonchev–Trinajstić information content (AvgIpc) is 2.20. The van der Waals surface area contributed by atoms with E-state index >= 15 is 0 Å². The maximum Gasteiger partial charge on any atom is 0.162 e. The Bertz CT molecular complexity index is 323. The molecular formula is C11H15NO2. The fourth-order valence-corrected chi connectivity index (χ4v) is 1.21. The number of phenolic OH excluding ortho intramolecular Hbond substituents is 1. The summed E-state index contributed by atoms with van der Waals surface area (Å²) in [5.74, 6) is 0.559. The van der Waals surface area contributed by atoms with Crippen LogP contribution in [0.3, 0.4) is 0 Å². The molecule has 1 atom stereocenters. The SMILES string of the molecule is C=C[C@H](N)c1cccc(OCC)c1O. The molecule has 0 saturated heterocycles. The van der Waals surface area contributed by atoms with Gasteiger partial charge in [-0.2, -0.15) is 0 Å². The Morgan fingerprint density at radius 2 is 2.36 bits per heavy atom. The first-order chi connectivity index (χ1) is 6.70. The van der Waals surface area contributed by atoms with Crippen molar-refractivity contribution in [2.75, 3.05) is 6.61 Å². The summed E-state index contributed by atoms with van der Waals surface area (Å²) < 4.78 is 5.23. The highest BCUT2D eigenvalue weighted by Gasteiger charge is 2.11. The van der Waals surface area contributed by atoms with E-state index in [-0.39, 0.29) is 11.8 Å². The second-order valence-electron chi connectivity index (χ2n) is 2.89. The van der Waals surface area contributed by atoms with Gasteiger partial charge in [-0.25, -0.2) is 0 Å². The normalized spacial score (nSPS) is 12.1. The third-order valence-electron chi connectivity index (χ3n) is 1.94. The molecule has 1 rings (SSSR count). The first-order valence-electron chi connectivity index (χ1n) is 4.53. The zero-order valence-electron chi connectivity index (χ0n) is 8.23. The van der Waals surface area contributed by atoms with E-state index in [1.54, 1.807) is 24.3 Å². The number of ether oxygens (including phenoxy) is 1. The number of hydrogen-bond donors (Lipinski definition) is 2. The minimum Gasteiger partial charge on any atom is -0.504 e. The standard InChI is InChI=1S/C11H15NO2/c1-3-9(12)8-6-5-7-10(11(8)13)14-4-2/h3,5-7,9,13H,1,4,12H2,2H3/t9-/m0/s1. The minimum atomic E-state index is -0.365. The van der Waals surface area contributed by atoms with Gasteiger partial charge < -0.3 is 15.6 Å². The van der Waals surface area contributed by atoms with Crippen LogP contribution in [0.1, 0.15) is 18.5 Å². The maximum atomic E-state index is 9.77. The van der Waals surface area contributed by atoms with Gasteiger partial charge in [0.1, 0.15) is 0 Å². The van der Waals surface area contributed by atoms with Crippen LogP contribution in [0.2, 0.25) is 0 Å². The zero-order chi connectivity index (χ0) is 10.6. The summed E-state index contributed by atoms with van der Waals surface area (Å²) in [6.07, 6.45) is 1.57. The van der Waals surface area contributed by atoms with Crippen LogP contribution in [0, 0.1) is 0 Å². The Hall–Kier alpha value is -1.48. The molecule has 0 amide bonds. The lowest BCUT2D eigenvalue weighted by molar-refractivity contribution is 0.316. The Kier molecular flexibility index (Phi) is 3.54. The molecule has 0 bridgehead atoms. The number of aromatic hydroxyl groups is 1. The number of phenols is 1. The van der Waals surface area contributed by atoms with Gasteiger partial charge in [0.2, 0.25) is 0 Å². The molecule has 76 valence electrons. The smallest absolute Gasteiger partial charge is 0.162 e. The highest BCUT2D eigenvalue weighted by molar-refractivity contribution is 5.47. The molecule has 1 aromatic rings. The Morgan fingerprint density at radius 3 is 2.93 bits per heavy atom. The first kappa shape index (κ1) is 10.6. The van der Waals surface area contributed by atoms with Gasteiger partial charge in [-0.15, -0.1) is 6.58 Å². The molecule has 0 saturated carbocycles. The van der Waals surface area contributed by atoms with Gasteiger partial charge in [-0.05, 0) is 13.0 Å². The van der Waals surface area contributed by atoms with Gasteiger partial charge >= 0.3 is 0 Å². The van der Waals surface area contributed by atoms with E-state index in [1.807, 2.05) is 6.92 Å². The molecule has 1 aromatic carbocycles. The topological polar surface area (TPSA) is 55.5 Å². The minimum absolute atomic E-state index is 0.0988. The van der Waals surface area contributed by atoms with Crippen LogP contribution < -0.4 is 10.5 Å². The highest BCUT2D eigenvalue weighted by atomic mass is 16.5. The van der Waals surface area contributed by atoms with Crippen LogP contribution in [-0.4, -0.2) is 11.7 Å². The van der Waals surface area contributed by atoms with Crippen LogP contribution in [0.5, 0.6) is 11.5 Å². The third kappa shape index (κ3) is 2.06. The Balaban J connectivity index is 3.06. The van der Waals surface area contributed by atoms with Gasteiger partial charge in [0.15, 0.2) is 11.5 Å². The number of benzene rings is 1. The fraction of sp³-hybridized carbons (Fsp3) is 0.273. The number of rotatable bonds is 4. The van der Waals surface area contributed by atoms with Crippen molar-refractivity contribution in [3.8, 4) is 11.5 Å². The molecule has 0 aliphatic heterocycles. The van der Waals surface area contributed by atoms with Crippen molar-refractivity contribution in [3.63, 3.8) is 0 Å². The number of hydrogen-bond acceptors (Lipinski definition) is 3. The lowest BCUT2D eigenvalue weighted by Gasteiger charge is -2.12. The summed E-state index contributed by atoms with van der Waals surface area (Å²) in [5.41, 5.74) is 6.36. The van der Waals surface area contributed by atoms with Gasteiger partial charge in [0, 0.05) is 5.56 Å². The molecule has 3 N–H and O–H groups in total. The van der Waals surface area contributed by atoms with Crippen molar-refractivity contribution < 1.29 is 9.84 Å². The van der Waals surface area contributed by atoms with Crippen LogP contribution >= 0.6 is 0 Å². The molecule has 0 spiro atoms. The third-order valence-corrected chi connectivity index (χ3v) is 1.94. The summed E-state index contributed by atoms with van der Waals surface area (Å²) in [4.78, 5) is 0. The molecular weight excluding hydrogens is 178 g/mol. The summed E-state index contributed by atoms with van der Waals surface area (Å²) in [6, 6.07) is 4.89. The molecule has 3 nitrogen and oxygen atoms in total. The second-order valence-corrected chi connectivity index (χ2v) is 2.89. The van der Waals surface area contributed by atoms with E-state index in [2.05, 4.69) is 6.58 Å². The fourth-order valence-electron chi connectivity index (χ4n) is 1.21. The van der Waals surface area contributed by atoms with Gasteiger partial charge in [-0.3, -0.25) is 0 Å².